The summed E-state index contributed by atoms with van der Waals surface area (Å²) in [5, 5.41) is 0. The van der Waals surface area contributed by atoms with Crippen LogP contribution < -0.4 is 10.5 Å². The topological polar surface area (TPSA) is 98.0 Å². The van der Waals surface area contributed by atoms with Gasteiger partial charge >= 0.3 is 0 Å². The van der Waals surface area contributed by atoms with Gasteiger partial charge in [0.05, 0.1) is 17.1 Å². The highest BCUT2D eigenvalue weighted by Crippen LogP contribution is 2.21. The van der Waals surface area contributed by atoms with E-state index in [-0.39, 0.29) is 11.4 Å². The van der Waals surface area contributed by atoms with Crippen LogP contribution in [-0.2, 0) is 23.1 Å². The molecule has 0 fully saturated rings. The Bertz CT molecular complexity index is 730. The normalized spacial score (nSPS) is 11.6. The minimum Gasteiger partial charge on any atom is -0.326 e. The molecular weight excluding hydrogens is 288 g/mol. The van der Waals surface area contributed by atoms with E-state index in [1.54, 1.807) is 25.3 Å². The first-order valence-corrected chi connectivity index (χ1v) is 7.97. The summed E-state index contributed by atoms with van der Waals surface area (Å²) in [5.74, 6) is 0. The van der Waals surface area contributed by atoms with E-state index in [9.17, 15) is 8.42 Å². The summed E-state index contributed by atoms with van der Waals surface area (Å²) in [5.41, 5.74) is 8.64. The zero-order chi connectivity index (χ0) is 15.5. The van der Waals surface area contributed by atoms with Crippen molar-refractivity contribution in [2.45, 2.75) is 31.8 Å². The van der Waals surface area contributed by atoms with Gasteiger partial charge in [-0.15, -0.1) is 0 Å². The smallest absolute Gasteiger partial charge is 0.241 e. The zero-order valence-corrected chi connectivity index (χ0v) is 12.8. The molecule has 6 nitrogen and oxygen atoms in total. The molecule has 21 heavy (non-hydrogen) atoms. The van der Waals surface area contributed by atoms with Crippen LogP contribution in [0.25, 0.3) is 0 Å². The van der Waals surface area contributed by atoms with E-state index in [0.717, 1.165) is 16.7 Å². The lowest BCUT2D eigenvalue weighted by molar-refractivity contribution is 0.579. The van der Waals surface area contributed by atoms with Gasteiger partial charge in [-0.25, -0.2) is 23.1 Å². The number of aryl methyl sites for hydroxylation is 1. The highest BCUT2D eigenvalue weighted by Gasteiger charge is 2.18. The van der Waals surface area contributed by atoms with Crippen molar-refractivity contribution in [3.63, 3.8) is 0 Å². The van der Waals surface area contributed by atoms with E-state index in [1.807, 2.05) is 13.0 Å². The second-order valence-corrected chi connectivity index (χ2v) is 6.50. The van der Waals surface area contributed by atoms with Gasteiger partial charge in [0.2, 0.25) is 10.0 Å². The quantitative estimate of drug-likeness (QED) is 0.860. The Hall–Kier alpha value is -1.83. The van der Waals surface area contributed by atoms with Gasteiger partial charge in [0, 0.05) is 12.7 Å². The van der Waals surface area contributed by atoms with Crippen LogP contribution in [0, 0.1) is 13.8 Å². The lowest BCUT2D eigenvalue weighted by Gasteiger charge is -2.13. The summed E-state index contributed by atoms with van der Waals surface area (Å²) in [6.45, 7) is 4.08. The number of rotatable bonds is 5. The van der Waals surface area contributed by atoms with Crippen LogP contribution in [0.2, 0.25) is 0 Å². The second kappa shape index (κ2) is 6.30. The number of hydrogen-bond acceptors (Lipinski definition) is 5. The number of nitrogens with two attached hydrogens (primary N) is 1. The van der Waals surface area contributed by atoms with Gasteiger partial charge in [0.15, 0.2) is 0 Å². The van der Waals surface area contributed by atoms with E-state index >= 15 is 0 Å². The fourth-order valence-corrected chi connectivity index (χ4v) is 3.33. The first-order chi connectivity index (χ1) is 9.94. The van der Waals surface area contributed by atoms with E-state index in [0.29, 0.717) is 12.2 Å². The van der Waals surface area contributed by atoms with Crippen molar-refractivity contribution in [1.82, 2.24) is 14.7 Å². The fraction of sp³-hybridized carbons (Fsp3) is 0.286. The average molecular weight is 306 g/mol. The Labute approximate surface area is 124 Å². The van der Waals surface area contributed by atoms with Crippen molar-refractivity contribution in [2.24, 2.45) is 5.73 Å². The molecule has 1 aromatic heterocycles. The molecule has 1 aromatic carbocycles. The standard InChI is InChI=1S/C14H18N4O2S/c1-10-5-12(7-15)6-14(11(10)2)21(19,20)18-8-13-3-4-16-9-17-13/h3-6,9,18H,7-8,15H2,1-2H3. The molecule has 0 saturated heterocycles. The number of nitrogens with one attached hydrogen (secondary N) is 1. The molecule has 0 bridgehead atoms. The summed E-state index contributed by atoms with van der Waals surface area (Å²) in [7, 11) is -3.61. The molecule has 0 radical (unpaired) electrons. The molecule has 1 heterocycles. The Balaban J connectivity index is 2.29. The summed E-state index contributed by atoms with van der Waals surface area (Å²) in [6.07, 6.45) is 2.95. The van der Waals surface area contributed by atoms with Gasteiger partial charge < -0.3 is 5.73 Å². The molecule has 3 N–H and O–H groups in total. The van der Waals surface area contributed by atoms with Crippen molar-refractivity contribution in [2.75, 3.05) is 0 Å². The third-order valence-electron chi connectivity index (χ3n) is 3.29. The van der Waals surface area contributed by atoms with Crippen molar-refractivity contribution in [1.29, 1.82) is 0 Å². The highest BCUT2D eigenvalue weighted by molar-refractivity contribution is 7.89. The average Bonchev–Trinajstić information content (AvgIpc) is 2.48. The van der Waals surface area contributed by atoms with Crippen molar-refractivity contribution in [3.05, 3.63) is 53.1 Å². The van der Waals surface area contributed by atoms with Crippen LogP contribution in [0.1, 0.15) is 22.4 Å². The largest absolute Gasteiger partial charge is 0.326 e. The van der Waals surface area contributed by atoms with Crippen molar-refractivity contribution >= 4 is 10.0 Å². The molecule has 0 aliphatic carbocycles. The number of nitrogens with zero attached hydrogens (tertiary/aromatic N) is 2. The molecule has 0 atom stereocenters. The Morgan fingerprint density at radius 2 is 2.05 bits per heavy atom. The third kappa shape index (κ3) is 3.63. The molecular formula is C14H18N4O2S. The maximum Gasteiger partial charge on any atom is 0.241 e. The van der Waals surface area contributed by atoms with Gasteiger partial charge in [-0.05, 0) is 42.7 Å². The van der Waals surface area contributed by atoms with E-state index < -0.39 is 10.0 Å². The maximum atomic E-state index is 12.5. The number of aromatic nitrogens is 2. The van der Waals surface area contributed by atoms with Gasteiger partial charge in [0.1, 0.15) is 6.33 Å². The number of hydrogen-bond donors (Lipinski definition) is 2. The van der Waals surface area contributed by atoms with Gasteiger partial charge in [0.25, 0.3) is 0 Å². The van der Waals surface area contributed by atoms with Crippen LogP contribution >= 0.6 is 0 Å². The first-order valence-electron chi connectivity index (χ1n) is 6.49. The molecule has 0 saturated carbocycles. The maximum absolute atomic E-state index is 12.5. The van der Waals surface area contributed by atoms with Crippen LogP contribution in [0.4, 0.5) is 0 Å². The number of benzene rings is 1. The zero-order valence-electron chi connectivity index (χ0n) is 12.0. The Morgan fingerprint density at radius 1 is 1.29 bits per heavy atom. The Morgan fingerprint density at radius 3 is 2.67 bits per heavy atom. The molecule has 2 aromatic rings. The molecule has 0 aliphatic rings. The van der Waals surface area contributed by atoms with Gasteiger partial charge in [-0.3, -0.25) is 0 Å². The molecule has 7 heteroatoms. The predicted octanol–water partition coefficient (Wildman–Crippen LogP) is 1.03. The van der Waals surface area contributed by atoms with Crippen LogP contribution in [0.15, 0.2) is 35.6 Å². The molecule has 2 rings (SSSR count). The van der Waals surface area contributed by atoms with Crippen LogP contribution in [0.3, 0.4) is 0 Å². The molecule has 0 amide bonds. The minimum atomic E-state index is -3.61. The van der Waals surface area contributed by atoms with Crippen LogP contribution in [0.5, 0.6) is 0 Å². The molecule has 0 unspecified atom stereocenters. The van der Waals surface area contributed by atoms with E-state index in [1.165, 1.54) is 6.33 Å². The minimum absolute atomic E-state index is 0.121. The monoisotopic (exact) mass is 306 g/mol. The summed E-state index contributed by atoms with van der Waals surface area (Å²) in [6, 6.07) is 5.18. The SMILES string of the molecule is Cc1cc(CN)cc(S(=O)(=O)NCc2ccncn2)c1C. The summed E-state index contributed by atoms with van der Waals surface area (Å²) in [4.78, 5) is 8.05. The van der Waals surface area contributed by atoms with Gasteiger partial charge in [-0.2, -0.15) is 0 Å². The lowest BCUT2D eigenvalue weighted by atomic mass is 10.1. The predicted molar refractivity (Wildman–Crippen MR) is 79.9 cm³/mol. The second-order valence-electron chi connectivity index (χ2n) is 4.77. The van der Waals surface area contributed by atoms with Crippen molar-refractivity contribution in [3.8, 4) is 0 Å². The van der Waals surface area contributed by atoms with Crippen LogP contribution in [-0.4, -0.2) is 18.4 Å². The Kier molecular flexibility index (Phi) is 4.66. The summed E-state index contributed by atoms with van der Waals surface area (Å²) >= 11 is 0. The molecule has 0 spiro atoms. The number of sulfonamides is 1. The van der Waals surface area contributed by atoms with Gasteiger partial charge in [-0.1, -0.05) is 6.07 Å². The first kappa shape index (κ1) is 15.6. The molecule has 0 aliphatic heterocycles. The van der Waals surface area contributed by atoms with Crippen molar-refractivity contribution < 1.29 is 8.42 Å². The van der Waals surface area contributed by atoms with E-state index in [4.69, 9.17) is 5.73 Å². The lowest BCUT2D eigenvalue weighted by Crippen LogP contribution is -2.25. The fourth-order valence-electron chi connectivity index (χ4n) is 1.97. The summed E-state index contributed by atoms with van der Waals surface area (Å²) < 4.78 is 27.5. The highest BCUT2D eigenvalue weighted by atomic mass is 32.2. The third-order valence-corrected chi connectivity index (χ3v) is 4.82. The van der Waals surface area contributed by atoms with E-state index in [2.05, 4.69) is 14.7 Å². The molecule has 112 valence electrons.